The molecule has 0 spiro atoms. The van der Waals surface area contributed by atoms with Crippen LogP contribution < -0.4 is 0 Å². The third kappa shape index (κ3) is 3.26. The number of hydrogen-bond donors (Lipinski definition) is 4. The predicted octanol–water partition coefficient (Wildman–Crippen LogP) is 2.65. The van der Waals surface area contributed by atoms with Gasteiger partial charge in [0.1, 0.15) is 22.6 Å². The topological polar surface area (TPSA) is 115 Å². The molecule has 7 heteroatoms. The molecule has 2 aromatic rings. The van der Waals surface area contributed by atoms with E-state index in [4.69, 9.17) is 10.2 Å². The Balaban J connectivity index is 2.30. The third-order valence-corrected chi connectivity index (χ3v) is 3.61. The summed E-state index contributed by atoms with van der Waals surface area (Å²) >= 11 is 1.14. The predicted molar refractivity (Wildman–Crippen MR) is 74.3 cm³/mol. The number of phenols is 2. The van der Waals surface area contributed by atoms with Crippen molar-refractivity contribution in [1.82, 2.24) is 0 Å². The Labute approximate surface area is 123 Å². The maximum atomic E-state index is 10.9. The summed E-state index contributed by atoms with van der Waals surface area (Å²) < 4.78 is 0. The van der Waals surface area contributed by atoms with E-state index in [1.165, 1.54) is 36.4 Å². The molecule has 0 aromatic heterocycles. The minimum Gasteiger partial charge on any atom is -0.507 e. The van der Waals surface area contributed by atoms with E-state index in [1.807, 2.05) is 0 Å². The lowest BCUT2D eigenvalue weighted by molar-refractivity contribution is 0.0682. The number of aromatic carboxylic acids is 2. The lowest BCUT2D eigenvalue weighted by Crippen LogP contribution is -1.97. The summed E-state index contributed by atoms with van der Waals surface area (Å²) in [5, 5.41) is 36.8. The Morgan fingerprint density at radius 1 is 0.762 bits per heavy atom. The van der Waals surface area contributed by atoms with Crippen molar-refractivity contribution in [2.24, 2.45) is 0 Å². The van der Waals surface area contributed by atoms with Gasteiger partial charge in [0.05, 0.1) is 0 Å². The molecule has 0 saturated heterocycles. The molecule has 0 aliphatic heterocycles. The summed E-state index contributed by atoms with van der Waals surface area (Å²) in [5.41, 5.74) is -0.442. The van der Waals surface area contributed by atoms with Crippen molar-refractivity contribution in [2.75, 3.05) is 0 Å². The third-order valence-electron chi connectivity index (χ3n) is 2.63. The number of aromatic hydroxyl groups is 2. The first-order valence-corrected chi connectivity index (χ1v) is 6.50. The maximum absolute atomic E-state index is 10.9. The Kier molecular flexibility index (Phi) is 4.04. The second-order valence-corrected chi connectivity index (χ2v) is 5.22. The highest BCUT2D eigenvalue weighted by molar-refractivity contribution is 7.99. The first-order valence-electron chi connectivity index (χ1n) is 5.69. The van der Waals surface area contributed by atoms with Gasteiger partial charge < -0.3 is 20.4 Å². The molecule has 108 valence electrons. The Bertz CT molecular complexity index is 725. The zero-order valence-electron chi connectivity index (χ0n) is 10.5. The fourth-order valence-electron chi connectivity index (χ4n) is 1.64. The van der Waals surface area contributed by atoms with Crippen molar-refractivity contribution in [2.45, 2.75) is 9.79 Å². The molecule has 0 amide bonds. The second-order valence-electron chi connectivity index (χ2n) is 4.07. The minimum absolute atomic E-state index is 0.212. The molecule has 0 unspecified atom stereocenters. The molecule has 0 saturated carbocycles. The molecule has 0 bridgehead atoms. The van der Waals surface area contributed by atoms with Crippen LogP contribution in [0.4, 0.5) is 0 Å². The fraction of sp³-hybridized carbons (Fsp3) is 0. The van der Waals surface area contributed by atoms with E-state index in [0.717, 1.165) is 11.8 Å². The maximum Gasteiger partial charge on any atom is 0.339 e. The molecule has 0 aliphatic carbocycles. The van der Waals surface area contributed by atoms with Crippen LogP contribution in [0.15, 0.2) is 46.2 Å². The van der Waals surface area contributed by atoms with Crippen molar-refractivity contribution in [3.05, 3.63) is 47.5 Å². The average molecular weight is 306 g/mol. The van der Waals surface area contributed by atoms with Crippen LogP contribution in [0, 0.1) is 0 Å². The van der Waals surface area contributed by atoms with E-state index in [2.05, 4.69) is 0 Å². The van der Waals surface area contributed by atoms with Crippen LogP contribution in [0.3, 0.4) is 0 Å². The van der Waals surface area contributed by atoms with E-state index in [9.17, 15) is 19.8 Å². The molecule has 0 aliphatic rings. The number of rotatable bonds is 4. The van der Waals surface area contributed by atoms with Crippen LogP contribution in [0.1, 0.15) is 20.7 Å². The minimum atomic E-state index is -1.25. The second kappa shape index (κ2) is 5.76. The Morgan fingerprint density at radius 2 is 1.33 bits per heavy atom. The lowest BCUT2D eigenvalue weighted by atomic mass is 10.2. The highest BCUT2D eigenvalue weighted by atomic mass is 32.2. The van der Waals surface area contributed by atoms with Gasteiger partial charge in [0.2, 0.25) is 0 Å². The molecule has 2 rings (SSSR count). The molecular formula is C14H10O6S. The van der Waals surface area contributed by atoms with E-state index in [-0.39, 0.29) is 22.6 Å². The van der Waals surface area contributed by atoms with Gasteiger partial charge in [-0.05, 0) is 36.4 Å². The molecule has 0 atom stereocenters. The number of carbonyl (C=O) groups is 2. The van der Waals surface area contributed by atoms with Gasteiger partial charge in [-0.3, -0.25) is 0 Å². The van der Waals surface area contributed by atoms with Crippen molar-refractivity contribution in [1.29, 1.82) is 0 Å². The van der Waals surface area contributed by atoms with Crippen LogP contribution in [0.2, 0.25) is 0 Å². The zero-order valence-corrected chi connectivity index (χ0v) is 11.3. The van der Waals surface area contributed by atoms with Gasteiger partial charge >= 0.3 is 11.9 Å². The van der Waals surface area contributed by atoms with Gasteiger partial charge in [0.15, 0.2) is 0 Å². The van der Waals surface area contributed by atoms with Gasteiger partial charge in [-0.2, -0.15) is 0 Å². The molecule has 6 nitrogen and oxygen atoms in total. The standard InChI is InChI=1S/C14H10O6S/c15-11-4-2-7(5-10(11)14(19)20)21-8-1-3-9(13(17)18)12(16)6-8/h1-6,15-16H,(H,17,18)(H,19,20). The van der Waals surface area contributed by atoms with Gasteiger partial charge in [0, 0.05) is 9.79 Å². The number of benzene rings is 2. The van der Waals surface area contributed by atoms with Crippen molar-refractivity contribution in [3.8, 4) is 11.5 Å². The van der Waals surface area contributed by atoms with E-state index in [0.29, 0.717) is 9.79 Å². The molecule has 2 aromatic carbocycles. The summed E-state index contributed by atoms with van der Waals surface area (Å²) in [6.45, 7) is 0. The highest BCUT2D eigenvalue weighted by Crippen LogP contribution is 2.33. The molecular weight excluding hydrogens is 296 g/mol. The highest BCUT2D eigenvalue weighted by Gasteiger charge is 2.13. The van der Waals surface area contributed by atoms with Gasteiger partial charge in [-0.25, -0.2) is 9.59 Å². The summed E-state index contributed by atoms with van der Waals surface area (Å²) in [6.07, 6.45) is 0. The van der Waals surface area contributed by atoms with Crippen LogP contribution >= 0.6 is 11.8 Å². The summed E-state index contributed by atoms with van der Waals surface area (Å²) in [7, 11) is 0. The van der Waals surface area contributed by atoms with E-state index >= 15 is 0 Å². The first-order chi connectivity index (χ1) is 9.88. The van der Waals surface area contributed by atoms with Crippen LogP contribution in [0.25, 0.3) is 0 Å². The first kappa shape index (κ1) is 14.7. The normalized spacial score (nSPS) is 10.3. The monoisotopic (exact) mass is 306 g/mol. The lowest BCUT2D eigenvalue weighted by Gasteiger charge is -2.06. The van der Waals surface area contributed by atoms with Gasteiger partial charge in [0.25, 0.3) is 0 Å². The van der Waals surface area contributed by atoms with Gasteiger partial charge in [-0.1, -0.05) is 11.8 Å². The molecule has 0 fully saturated rings. The van der Waals surface area contributed by atoms with Crippen LogP contribution in [-0.2, 0) is 0 Å². The largest absolute Gasteiger partial charge is 0.507 e. The van der Waals surface area contributed by atoms with Crippen LogP contribution in [0.5, 0.6) is 11.5 Å². The molecule has 0 heterocycles. The molecule has 4 N–H and O–H groups in total. The quantitative estimate of drug-likeness (QED) is 0.686. The average Bonchev–Trinajstić information content (AvgIpc) is 2.40. The summed E-state index contributed by atoms with van der Waals surface area (Å²) in [5.74, 6) is -3.19. The number of hydrogen-bond acceptors (Lipinski definition) is 5. The molecule has 0 radical (unpaired) electrons. The number of carboxylic acids is 2. The Morgan fingerprint density at radius 3 is 1.90 bits per heavy atom. The zero-order chi connectivity index (χ0) is 15.6. The summed E-state index contributed by atoms with van der Waals surface area (Å²) in [4.78, 5) is 22.8. The number of carboxylic acid groups (broad SMARTS) is 2. The fourth-order valence-corrected chi connectivity index (χ4v) is 2.53. The smallest absolute Gasteiger partial charge is 0.339 e. The van der Waals surface area contributed by atoms with Crippen molar-refractivity contribution >= 4 is 23.7 Å². The SMILES string of the molecule is O=C(O)c1ccc(Sc2ccc(O)c(C(=O)O)c2)cc1O. The van der Waals surface area contributed by atoms with Crippen molar-refractivity contribution in [3.63, 3.8) is 0 Å². The van der Waals surface area contributed by atoms with Crippen molar-refractivity contribution < 1.29 is 30.0 Å². The summed E-state index contributed by atoms with van der Waals surface area (Å²) in [6, 6.07) is 8.12. The Hall–Kier alpha value is -2.67. The van der Waals surface area contributed by atoms with E-state index < -0.39 is 11.9 Å². The molecule has 21 heavy (non-hydrogen) atoms. The van der Waals surface area contributed by atoms with E-state index in [1.54, 1.807) is 0 Å². The van der Waals surface area contributed by atoms with Crippen LogP contribution in [-0.4, -0.2) is 32.4 Å². The van der Waals surface area contributed by atoms with Gasteiger partial charge in [-0.15, -0.1) is 0 Å².